The number of hydrogen-bond donors (Lipinski definition) is 1. The SMILES string of the molecule is NC(=S)c1ccccc1CSCc1cccc2ccccc12. The van der Waals surface area contributed by atoms with Crippen LogP contribution in [0.15, 0.2) is 66.7 Å². The molecule has 0 atom stereocenters. The largest absolute Gasteiger partial charge is 0.389 e. The van der Waals surface area contributed by atoms with Crippen LogP contribution in [0.25, 0.3) is 10.8 Å². The van der Waals surface area contributed by atoms with Gasteiger partial charge in [0.2, 0.25) is 0 Å². The summed E-state index contributed by atoms with van der Waals surface area (Å²) >= 11 is 7.02. The number of fused-ring (bicyclic) bond motifs is 1. The van der Waals surface area contributed by atoms with E-state index in [9.17, 15) is 0 Å². The van der Waals surface area contributed by atoms with E-state index >= 15 is 0 Å². The molecule has 0 aromatic heterocycles. The molecule has 3 aromatic carbocycles. The van der Waals surface area contributed by atoms with Gasteiger partial charge in [-0.25, -0.2) is 0 Å². The summed E-state index contributed by atoms with van der Waals surface area (Å²) in [7, 11) is 0. The molecule has 0 amide bonds. The molecule has 0 saturated carbocycles. The molecule has 0 saturated heterocycles. The van der Waals surface area contributed by atoms with E-state index < -0.39 is 0 Å². The Balaban J connectivity index is 1.74. The lowest BCUT2D eigenvalue weighted by atomic mass is 10.1. The highest BCUT2D eigenvalue weighted by molar-refractivity contribution is 7.97. The number of thiocarbonyl (C=S) groups is 1. The lowest BCUT2D eigenvalue weighted by Crippen LogP contribution is -2.11. The molecule has 3 aromatic rings. The molecule has 0 aliphatic heterocycles. The van der Waals surface area contributed by atoms with Gasteiger partial charge in [0.1, 0.15) is 4.99 Å². The fourth-order valence-electron chi connectivity index (χ4n) is 2.58. The lowest BCUT2D eigenvalue weighted by Gasteiger charge is -2.09. The zero-order valence-electron chi connectivity index (χ0n) is 12.2. The molecule has 2 N–H and O–H groups in total. The Kier molecular flexibility index (Phi) is 4.76. The number of nitrogens with two attached hydrogens (primary N) is 1. The summed E-state index contributed by atoms with van der Waals surface area (Å²) in [4.78, 5) is 0.473. The predicted octanol–water partition coefficient (Wildman–Crippen LogP) is 4.91. The highest BCUT2D eigenvalue weighted by Gasteiger charge is 2.05. The Morgan fingerprint density at radius 3 is 2.32 bits per heavy atom. The van der Waals surface area contributed by atoms with Gasteiger partial charge in [0, 0.05) is 17.1 Å². The van der Waals surface area contributed by atoms with Crippen LogP contribution in [0, 0.1) is 0 Å². The average Bonchev–Trinajstić information content (AvgIpc) is 2.55. The topological polar surface area (TPSA) is 26.0 Å². The molecule has 0 radical (unpaired) electrons. The van der Waals surface area contributed by atoms with E-state index in [1.807, 2.05) is 30.0 Å². The first-order chi connectivity index (χ1) is 10.8. The van der Waals surface area contributed by atoms with Crippen molar-refractivity contribution in [2.75, 3.05) is 0 Å². The first-order valence-corrected chi connectivity index (χ1v) is 8.74. The second-order valence-corrected chi connectivity index (χ2v) is 6.58. The second kappa shape index (κ2) is 6.95. The van der Waals surface area contributed by atoms with Crippen molar-refractivity contribution < 1.29 is 0 Å². The molecule has 0 heterocycles. The standard InChI is InChI=1S/C19H17NS2/c20-19(21)18-11-4-2-7-16(18)13-22-12-15-9-5-8-14-6-1-3-10-17(14)15/h1-11H,12-13H2,(H2,20,21). The summed E-state index contributed by atoms with van der Waals surface area (Å²) in [6.45, 7) is 0. The molecule has 110 valence electrons. The molecule has 0 aliphatic rings. The zero-order valence-corrected chi connectivity index (χ0v) is 13.8. The van der Waals surface area contributed by atoms with Crippen molar-refractivity contribution in [1.29, 1.82) is 0 Å². The van der Waals surface area contributed by atoms with E-state index in [-0.39, 0.29) is 0 Å². The summed E-state index contributed by atoms with van der Waals surface area (Å²) in [6, 6.07) is 23.1. The molecule has 3 rings (SSSR count). The Bertz CT molecular complexity index is 806. The number of benzene rings is 3. The number of rotatable bonds is 5. The quantitative estimate of drug-likeness (QED) is 0.676. The summed E-state index contributed by atoms with van der Waals surface area (Å²) in [5.41, 5.74) is 9.36. The molecule has 0 unspecified atom stereocenters. The van der Waals surface area contributed by atoms with Crippen LogP contribution >= 0.6 is 24.0 Å². The Morgan fingerprint density at radius 1 is 0.818 bits per heavy atom. The van der Waals surface area contributed by atoms with Crippen LogP contribution in [0.2, 0.25) is 0 Å². The van der Waals surface area contributed by atoms with Crippen LogP contribution in [0.5, 0.6) is 0 Å². The van der Waals surface area contributed by atoms with Crippen LogP contribution in [-0.2, 0) is 11.5 Å². The van der Waals surface area contributed by atoms with Gasteiger partial charge in [-0.1, -0.05) is 78.9 Å². The minimum absolute atomic E-state index is 0.473. The zero-order chi connectivity index (χ0) is 15.4. The van der Waals surface area contributed by atoms with Gasteiger partial charge in [-0.3, -0.25) is 0 Å². The highest BCUT2D eigenvalue weighted by Crippen LogP contribution is 2.25. The maximum Gasteiger partial charge on any atom is 0.104 e. The fourth-order valence-corrected chi connectivity index (χ4v) is 3.82. The molecular formula is C19H17NS2. The summed E-state index contributed by atoms with van der Waals surface area (Å²) in [6.07, 6.45) is 0. The Labute approximate surface area is 140 Å². The van der Waals surface area contributed by atoms with Crippen LogP contribution < -0.4 is 5.73 Å². The van der Waals surface area contributed by atoms with Crippen LogP contribution in [0.1, 0.15) is 16.7 Å². The summed E-state index contributed by atoms with van der Waals surface area (Å²) in [5.74, 6) is 1.89. The van der Waals surface area contributed by atoms with Gasteiger partial charge in [0.05, 0.1) is 0 Å². The monoisotopic (exact) mass is 323 g/mol. The van der Waals surface area contributed by atoms with Gasteiger partial charge in [-0.2, -0.15) is 11.8 Å². The molecule has 0 aliphatic carbocycles. The third-order valence-electron chi connectivity index (χ3n) is 3.68. The molecule has 0 bridgehead atoms. The fraction of sp³-hybridized carbons (Fsp3) is 0.105. The molecular weight excluding hydrogens is 306 g/mol. The molecule has 22 heavy (non-hydrogen) atoms. The van der Waals surface area contributed by atoms with Crippen molar-refractivity contribution in [2.45, 2.75) is 11.5 Å². The van der Waals surface area contributed by atoms with Gasteiger partial charge in [-0.15, -0.1) is 0 Å². The molecule has 0 fully saturated rings. The van der Waals surface area contributed by atoms with E-state index in [1.165, 1.54) is 21.9 Å². The van der Waals surface area contributed by atoms with Gasteiger partial charge in [0.15, 0.2) is 0 Å². The van der Waals surface area contributed by atoms with Crippen LogP contribution in [-0.4, -0.2) is 4.99 Å². The van der Waals surface area contributed by atoms with Crippen molar-refractivity contribution in [3.63, 3.8) is 0 Å². The first-order valence-electron chi connectivity index (χ1n) is 7.18. The normalized spacial score (nSPS) is 10.7. The van der Waals surface area contributed by atoms with Crippen molar-refractivity contribution in [1.82, 2.24) is 0 Å². The van der Waals surface area contributed by atoms with E-state index in [0.29, 0.717) is 4.99 Å². The van der Waals surface area contributed by atoms with Gasteiger partial charge >= 0.3 is 0 Å². The maximum absolute atomic E-state index is 5.79. The van der Waals surface area contributed by atoms with E-state index in [2.05, 4.69) is 48.5 Å². The van der Waals surface area contributed by atoms with E-state index in [4.69, 9.17) is 18.0 Å². The van der Waals surface area contributed by atoms with Crippen molar-refractivity contribution in [3.8, 4) is 0 Å². The van der Waals surface area contributed by atoms with Crippen LogP contribution in [0.4, 0.5) is 0 Å². The number of thioether (sulfide) groups is 1. The molecule has 3 heteroatoms. The third kappa shape index (κ3) is 3.32. The van der Waals surface area contributed by atoms with Gasteiger partial charge in [-0.05, 0) is 21.9 Å². The van der Waals surface area contributed by atoms with Gasteiger partial charge < -0.3 is 5.73 Å². The van der Waals surface area contributed by atoms with Gasteiger partial charge in [0.25, 0.3) is 0 Å². The highest BCUT2D eigenvalue weighted by atomic mass is 32.2. The minimum atomic E-state index is 0.473. The van der Waals surface area contributed by atoms with Crippen molar-refractivity contribution >= 4 is 39.7 Å². The van der Waals surface area contributed by atoms with Crippen molar-refractivity contribution in [2.24, 2.45) is 5.73 Å². The summed E-state index contributed by atoms with van der Waals surface area (Å²) < 4.78 is 0. The minimum Gasteiger partial charge on any atom is -0.389 e. The molecule has 0 spiro atoms. The van der Waals surface area contributed by atoms with E-state index in [1.54, 1.807) is 0 Å². The predicted molar refractivity (Wildman–Crippen MR) is 101 cm³/mol. The maximum atomic E-state index is 5.79. The summed E-state index contributed by atoms with van der Waals surface area (Å²) in [5, 5.41) is 2.63. The van der Waals surface area contributed by atoms with Crippen LogP contribution in [0.3, 0.4) is 0 Å². The smallest absolute Gasteiger partial charge is 0.104 e. The first kappa shape index (κ1) is 15.1. The lowest BCUT2D eigenvalue weighted by molar-refractivity contribution is 1.36. The second-order valence-electron chi connectivity index (χ2n) is 5.15. The Morgan fingerprint density at radius 2 is 1.45 bits per heavy atom. The molecule has 1 nitrogen and oxygen atoms in total. The third-order valence-corrected chi connectivity index (χ3v) is 4.93. The number of hydrogen-bond acceptors (Lipinski definition) is 2. The average molecular weight is 323 g/mol. The van der Waals surface area contributed by atoms with Crippen molar-refractivity contribution in [3.05, 3.63) is 83.4 Å². The van der Waals surface area contributed by atoms with E-state index in [0.717, 1.165) is 17.1 Å². The Hall–Kier alpha value is -1.84.